The van der Waals surface area contributed by atoms with Crippen molar-refractivity contribution in [1.82, 2.24) is 18.8 Å². The van der Waals surface area contributed by atoms with Crippen molar-refractivity contribution in [3.8, 4) is 0 Å². The molecule has 0 bridgehead atoms. The molecule has 0 unspecified atom stereocenters. The van der Waals surface area contributed by atoms with Crippen LogP contribution in [0, 0.1) is 23.0 Å². The highest BCUT2D eigenvalue weighted by Crippen LogP contribution is 2.27. The summed E-state index contributed by atoms with van der Waals surface area (Å²) in [6.45, 7) is 7.65. The number of pyridine rings is 1. The van der Waals surface area contributed by atoms with Crippen LogP contribution in [0.25, 0.3) is 11.0 Å². The first-order valence-corrected chi connectivity index (χ1v) is 14.7. The number of nitro groups is 1. The minimum Gasteiger partial charge on any atom is -0.465 e. The van der Waals surface area contributed by atoms with E-state index in [-0.39, 0.29) is 36.1 Å². The Morgan fingerprint density at radius 1 is 1.12 bits per heavy atom. The molecule has 2 heterocycles. The van der Waals surface area contributed by atoms with Crippen LogP contribution in [0.15, 0.2) is 71.9 Å². The summed E-state index contributed by atoms with van der Waals surface area (Å²) >= 11 is 0. The van der Waals surface area contributed by atoms with Gasteiger partial charge >= 0.3 is 5.97 Å². The maximum Gasteiger partial charge on any atom is 0.324 e. The number of hydrogen-bond acceptors (Lipinski definition) is 8. The lowest BCUT2D eigenvalue weighted by atomic mass is 10.0. The zero-order valence-electron chi connectivity index (χ0n) is 23.4. The molecule has 0 fully saturated rings. The lowest BCUT2D eigenvalue weighted by molar-refractivity contribution is -0.384. The number of sulfonamides is 1. The van der Waals surface area contributed by atoms with Gasteiger partial charge in [0, 0.05) is 31.4 Å². The van der Waals surface area contributed by atoms with Gasteiger partial charge in [0.05, 0.1) is 28.1 Å². The summed E-state index contributed by atoms with van der Waals surface area (Å²) < 4.78 is 36.6. The number of carbonyl (C=O) groups excluding carboxylic acids is 1. The fourth-order valence-corrected chi connectivity index (χ4v) is 6.29. The maximum atomic E-state index is 14.1. The molecule has 41 heavy (non-hydrogen) atoms. The van der Waals surface area contributed by atoms with E-state index in [9.17, 15) is 23.3 Å². The minimum absolute atomic E-state index is 0.00106. The first-order chi connectivity index (χ1) is 19.5. The van der Waals surface area contributed by atoms with Crippen molar-refractivity contribution in [3.05, 3.63) is 94.1 Å². The Kier molecular flexibility index (Phi) is 9.14. The summed E-state index contributed by atoms with van der Waals surface area (Å²) in [6.07, 6.45) is 3.61. The summed E-state index contributed by atoms with van der Waals surface area (Å²) in [6, 6.07) is 13.0. The standard InChI is InChI=1S/C29H33N5O6S/c1-5-40-29(35)28(15-20(2)3)33(19-23-7-6-8-24(16-23)34(36)37)41(38,39)25-11-9-22(10-12-25)18-32-21(4)31-26-17-30-14-13-27(26)32/h6-14,16-17,20,28H,5,15,18-19H2,1-4H3/t28-/m0/s1. The molecule has 0 radical (unpaired) electrons. The Morgan fingerprint density at radius 3 is 2.51 bits per heavy atom. The fraction of sp³-hybridized carbons (Fsp3) is 0.345. The van der Waals surface area contributed by atoms with Crippen LogP contribution in [0.4, 0.5) is 5.69 Å². The average Bonchev–Trinajstić information content (AvgIpc) is 3.25. The summed E-state index contributed by atoms with van der Waals surface area (Å²) in [5.41, 5.74) is 2.77. The number of hydrogen-bond donors (Lipinski definition) is 0. The molecule has 11 nitrogen and oxygen atoms in total. The third kappa shape index (κ3) is 6.77. The average molecular weight is 580 g/mol. The number of non-ortho nitro benzene ring substituents is 1. The molecule has 1 atom stereocenters. The molecule has 0 amide bonds. The SMILES string of the molecule is CCOC(=O)[C@H](CC(C)C)N(Cc1cccc([N+](=O)[O-])c1)S(=O)(=O)c1ccc(Cn2c(C)nc3cnccc32)cc1. The van der Waals surface area contributed by atoms with E-state index >= 15 is 0 Å². The second-order valence-electron chi connectivity index (χ2n) is 10.1. The number of imidazole rings is 1. The molecule has 0 N–H and O–H groups in total. The summed E-state index contributed by atoms with van der Waals surface area (Å²) in [5.74, 6) is 0.112. The summed E-state index contributed by atoms with van der Waals surface area (Å²) in [4.78, 5) is 32.6. The highest BCUT2D eigenvalue weighted by Gasteiger charge is 2.37. The largest absolute Gasteiger partial charge is 0.465 e. The zero-order chi connectivity index (χ0) is 29.7. The van der Waals surface area contributed by atoms with Crippen LogP contribution >= 0.6 is 0 Å². The van der Waals surface area contributed by atoms with E-state index < -0.39 is 27.0 Å². The van der Waals surface area contributed by atoms with E-state index in [1.54, 1.807) is 37.5 Å². The molecule has 4 aromatic rings. The number of fused-ring (bicyclic) bond motifs is 1. The highest BCUT2D eigenvalue weighted by molar-refractivity contribution is 7.89. The van der Waals surface area contributed by atoms with Crippen LogP contribution in [0.2, 0.25) is 0 Å². The molecule has 2 aromatic carbocycles. The van der Waals surface area contributed by atoms with Crippen molar-refractivity contribution in [1.29, 1.82) is 0 Å². The van der Waals surface area contributed by atoms with E-state index in [0.29, 0.717) is 12.1 Å². The van der Waals surface area contributed by atoms with Crippen LogP contribution in [-0.4, -0.2) is 50.8 Å². The number of aromatic nitrogens is 3. The molecular weight excluding hydrogens is 546 g/mol. The zero-order valence-corrected chi connectivity index (χ0v) is 24.2. The van der Waals surface area contributed by atoms with Crippen molar-refractivity contribution in [3.63, 3.8) is 0 Å². The fourth-order valence-electron chi connectivity index (χ4n) is 4.71. The van der Waals surface area contributed by atoms with Gasteiger partial charge in [-0.15, -0.1) is 0 Å². The number of ether oxygens (including phenoxy) is 1. The molecule has 216 valence electrons. The lowest BCUT2D eigenvalue weighted by Crippen LogP contribution is -2.46. The van der Waals surface area contributed by atoms with Gasteiger partial charge in [0.25, 0.3) is 5.69 Å². The Labute approximate surface area is 239 Å². The molecule has 12 heteroatoms. The van der Waals surface area contributed by atoms with Crippen LogP contribution in [0.1, 0.15) is 44.1 Å². The van der Waals surface area contributed by atoms with Crippen molar-refractivity contribution in [2.24, 2.45) is 5.92 Å². The number of benzene rings is 2. The van der Waals surface area contributed by atoms with Crippen LogP contribution in [0.3, 0.4) is 0 Å². The number of aryl methyl sites for hydroxylation is 1. The van der Waals surface area contributed by atoms with Gasteiger partial charge < -0.3 is 9.30 Å². The van der Waals surface area contributed by atoms with E-state index in [4.69, 9.17) is 4.74 Å². The van der Waals surface area contributed by atoms with Gasteiger partial charge in [0.1, 0.15) is 17.4 Å². The lowest BCUT2D eigenvalue weighted by Gasteiger charge is -2.30. The van der Waals surface area contributed by atoms with Gasteiger partial charge in [0.2, 0.25) is 10.0 Å². The van der Waals surface area contributed by atoms with E-state index in [2.05, 4.69) is 9.97 Å². The van der Waals surface area contributed by atoms with Gasteiger partial charge in [-0.1, -0.05) is 38.1 Å². The molecule has 0 saturated heterocycles. The van der Waals surface area contributed by atoms with Gasteiger partial charge in [-0.25, -0.2) is 13.4 Å². The Bertz CT molecular complexity index is 1650. The maximum absolute atomic E-state index is 14.1. The van der Waals surface area contributed by atoms with Crippen molar-refractivity contribution in [2.45, 2.75) is 58.1 Å². The number of nitrogens with zero attached hydrogens (tertiary/aromatic N) is 5. The number of esters is 1. The third-order valence-electron chi connectivity index (χ3n) is 6.67. The normalized spacial score (nSPS) is 12.6. The van der Waals surface area contributed by atoms with Crippen molar-refractivity contribution >= 4 is 32.7 Å². The second kappa shape index (κ2) is 12.6. The number of nitro benzene ring substituents is 1. The van der Waals surface area contributed by atoms with Gasteiger partial charge in [-0.05, 0) is 55.5 Å². The molecule has 0 spiro atoms. The Balaban J connectivity index is 1.71. The Hall–Kier alpha value is -4.16. The van der Waals surface area contributed by atoms with E-state index in [0.717, 1.165) is 26.7 Å². The molecular formula is C29H33N5O6S. The highest BCUT2D eigenvalue weighted by atomic mass is 32.2. The summed E-state index contributed by atoms with van der Waals surface area (Å²) in [5, 5.41) is 11.4. The third-order valence-corrected chi connectivity index (χ3v) is 8.54. The van der Waals surface area contributed by atoms with Gasteiger partial charge in [0.15, 0.2) is 0 Å². The summed E-state index contributed by atoms with van der Waals surface area (Å²) in [7, 11) is -4.23. The molecule has 4 rings (SSSR count). The second-order valence-corrected chi connectivity index (χ2v) is 12.0. The molecule has 0 aliphatic rings. The van der Waals surface area contributed by atoms with Crippen molar-refractivity contribution < 1.29 is 22.9 Å². The first kappa shape index (κ1) is 29.8. The monoisotopic (exact) mass is 579 g/mol. The number of rotatable bonds is 12. The number of carbonyl (C=O) groups is 1. The van der Waals surface area contributed by atoms with Crippen LogP contribution in [0.5, 0.6) is 0 Å². The molecule has 0 aliphatic heterocycles. The van der Waals surface area contributed by atoms with Gasteiger partial charge in [-0.3, -0.25) is 19.9 Å². The van der Waals surface area contributed by atoms with Crippen LogP contribution < -0.4 is 0 Å². The quantitative estimate of drug-likeness (QED) is 0.132. The van der Waals surface area contributed by atoms with Crippen molar-refractivity contribution in [2.75, 3.05) is 6.61 Å². The molecule has 0 aliphatic carbocycles. The van der Waals surface area contributed by atoms with E-state index in [1.165, 1.54) is 30.3 Å². The smallest absolute Gasteiger partial charge is 0.324 e. The minimum atomic E-state index is -4.23. The first-order valence-electron chi connectivity index (χ1n) is 13.3. The Morgan fingerprint density at radius 2 is 1.85 bits per heavy atom. The molecule has 2 aromatic heterocycles. The van der Waals surface area contributed by atoms with Crippen LogP contribution in [-0.2, 0) is 32.6 Å². The van der Waals surface area contributed by atoms with E-state index in [1.807, 2.05) is 31.4 Å². The van der Waals surface area contributed by atoms with Gasteiger partial charge in [-0.2, -0.15) is 4.31 Å². The predicted molar refractivity (Wildman–Crippen MR) is 154 cm³/mol. The predicted octanol–water partition coefficient (Wildman–Crippen LogP) is 4.86. The topological polar surface area (TPSA) is 138 Å². The molecule has 0 saturated carbocycles.